The third kappa shape index (κ3) is 3.94. The average molecular weight is 321 g/mol. The lowest BCUT2D eigenvalue weighted by molar-refractivity contribution is 0.102. The van der Waals surface area contributed by atoms with E-state index >= 15 is 0 Å². The quantitative estimate of drug-likeness (QED) is 0.885. The van der Waals surface area contributed by atoms with Gasteiger partial charge in [0.2, 0.25) is 5.13 Å². The van der Waals surface area contributed by atoms with Crippen LogP contribution < -0.4 is 14.8 Å². The zero-order valence-corrected chi connectivity index (χ0v) is 13.9. The van der Waals surface area contributed by atoms with E-state index in [-0.39, 0.29) is 12.0 Å². The van der Waals surface area contributed by atoms with E-state index in [0.717, 1.165) is 11.4 Å². The van der Waals surface area contributed by atoms with Gasteiger partial charge in [0.15, 0.2) is 11.5 Å². The number of hydrogen-bond acceptors (Lipinski definition) is 6. The first-order valence-corrected chi connectivity index (χ1v) is 7.83. The minimum absolute atomic E-state index is 0.0300. The van der Waals surface area contributed by atoms with Crippen LogP contribution in [0.4, 0.5) is 5.13 Å². The van der Waals surface area contributed by atoms with Crippen molar-refractivity contribution >= 4 is 22.4 Å². The number of nitrogens with one attached hydrogen (secondary N) is 1. The first-order chi connectivity index (χ1) is 10.5. The minimum Gasteiger partial charge on any atom is -0.493 e. The van der Waals surface area contributed by atoms with E-state index in [2.05, 4.69) is 15.5 Å². The number of rotatable bonds is 6. The van der Waals surface area contributed by atoms with Gasteiger partial charge in [-0.15, -0.1) is 10.2 Å². The molecule has 118 valence electrons. The Hall–Kier alpha value is -2.15. The molecule has 6 nitrogen and oxygen atoms in total. The summed E-state index contributed by atoms with van der Waals surface area (Å²) in [5.41, 5.74) is 0.473. The summed E-state index contributed by atoms with van der Waals surface area (Å²) in [5.74, 6) is 0.874. The lowest BCUT2D eigenvalue weighted by atomic mass is 10.2. The van der Waals surface area contributed by atoms with Crippen LogP contribution in [0.15, 0.2) is 18.2 Å². The molecule has 1 heterocycles. The van der Waals surface area contributed by atoms with Gasteiger partial charge in [-0.25, -0.2) is 0 Å². The molecule has 0 atom stereocenters. The first-order valence-electron chi connectivity index (χ1n) is 7.02. The highest BCUT2D eigenvalue weighted by Crippen LogP contribution is 2.29. The number of amides is 1. The van der Waals surface area contributed by atoms with E-state index in [1.165, 1.54) is 11.3 Å². The van der Waals surface area contributed by atoms with Gasteiger partial charge < -0.3 is 9.47 Å². The maximum Gasteiger partial charge on any atom is 0.257 e. The Labute approximate surface area is 133 Å². The molecular formula is C15H19N3O3S. The van der Waals surface area contributed by atoms with Gasteiger partial charge in [-0.2, -0.15) is 0 Å². The highest BCUT2D eigenvalue weighted by Gasteiger charge is 2.14. The molecule has 0 aliphatic heterocycles. The van der Waals surface area contributed by atoms with E-state index < -0.39 is 0 Å². The molecule has 2 aromatic rings. The monoisotopic (exact) mass is 321 g/mol. The van der Waals surface area contributed by atoms with Crippen molar-refractivity contribution in [2.24, 2.45) is 0 Å². The van der Waals surface area contributed by atoms with Gasteiger partial charge in [-0.05, 0) is 38.5 Å². The lowest BCUT2D eigenvalue weighted by Gasteiger charge is -2.14. The van der Waals surface area contributed by atoms with E-state index in [9.17, 15) is 4.79 Å². The highest BCUT2D eigenvalue weighted by molar-refractivity contribution is 7.15. The van der Waals surface area contributed by atoms with Gasteiger partial charge >= 0.3 is 0 Å². The average Bonchev–Trinajstić information content (AvgIpc) is 2.94. The molecule has 0 unspecified atom stereocenters. The molecule has 1 aromatic heterocycles. The topological polar surface area (TPSA) is 73.3 Å². The van der Waals surface area contributed by atoms with Gasteiger partial charge in [0, 0.05) is 5.56 Å². The molecule has 0 spiro atoms. The normalized spacial score (nSPS) is 10.6. The Balaban J connectivity index is 2.15. The van der Waals surface area contributed by atoms with Gasteiger partial charge in [0.1, 0.15) is 5.01 Å². The molecule has 1 N–H and O–H groups in total. The molecule has 0 aliphatic rings. The van der Waals surface area contributed by atoms with Crippen LogP contribution in [0, 0.1) is 0 Å². The van der Waals surface area contributed by atoms with Crippen LogP contribution in [0.5, 0.6) is 11.5 Å². The van der Waals surface area contributed by atoms with Gasteiger partial charge in [0.25, 0.3) is 5.91 Å². The number of aromatic nitrogens is 2. The zero-order valence-electron chi connectivity index (χ0n) is 13.0. The standard InChI is InChI=1S/C15H19N3O3S/c1-5-13-17-18-15(22-13)16-14(19)10-6-7-11(21-9(2)3)12(8-10)20-4/h6-9H,5H2,1-4H3,(H,16,18,19). The Morgan fingerprint density at radius 2 is 2.09 bits per heavy atom. The number of anilines is 1. The summed E-state index contributed by atoms with van der Waals surface area (Å²) in [7, 11) is 1.54. The molecule has 1 amide bonds. The van der Waals surface area contributed by atoms with Crippen LogP contribution in [0.2, 0.25) is 0 Å². The highest BCUT2D eigenvalue weighted by atomic mass is 32.1. The third-order valence-electron chi connectivity index (χ3n) is 2.78. The molecule has 0 aliphatic carbocycles. The van der Waals surface area contributed by atoms with Crippen molar-refractivity contribution in [2.45, 2.75) is 33.3 Å². The van der Waals surface area contributed by atoms with Crippen molar-refractivity contribution < 1.29 is 14.3 Å². The number of aryl methyl sites for hydroxylation is 1. The molecule has 1 aromatic carbocycles. The second-order valence-electron chi connectivity index (χ2n) is 4.84. The number of carbonyl (C=O) groups excluding carboxylic acids is 1. The van der Waals surface area contributed by atoms with Crippen molar-refractivity contribution in [3.63, 3.8) is 0 Å². The van der Waals surface area contributed by atoms with Crippen LogP contribution in [0.3, 0.4) is 0 Å². The summed E-state index contributed by atoms with van der Waals surface area (Å²) >= 11 is 1.37. The predicted molar refractivity (Wildman–Crippen MR) is 86.0 cm³/mol. The number of methoxy groups -OCH3 is 1. The van der Waals surface area contributed by atoms with Crippen molar-refractivity contribution in [3.05, 3.63) is 28.8 Å². The molecule has 0 saturated carbocycles. The number of ether oxygens (including phenoxy) is 2. The molecule has 7 heteroatoms. The first kappa shape index (κ1) is 16.2. The van der Waals surface area contributed by atoms with Crippen LogP contribution in [-0.2, 0) is 6.42 Å². The number of benzene rings is 1. The third-order valence-corrected chi connectivity index (χ3v) is 3.76. The van der Waals surface area contributed by atoms with E-state index in [1.807, 2.05) is 20.8 Å². The fraction of sp³-hybridized carbons (Fsp3) is 0.400. The Morgan fingerprint density at radius 1 is 1.32 bits per heavy atom. The van der Waals surface area contributed by atoms with E-state index in [4.69, 9.17) is 9.47 Å². The van der Waals surface area contributed by atoms with Crippen molar-refractivity contribution in [2.75, 3.05) is 12.4 Å². The van der Waals surface area contributed by atoms with Gasteiger partial charge in [-0.1, -0.05) is 18.3 Å². The summed E-state index contributed by atoms with van der Waals surface area (Å²) in [6.45, 7) is 5.85. The summed E-state index contributed by atoms with van der Waals surface area (Å²) in [6.07, 6.45) is 0.824. The number of nitrogens with zero attached hydrogens (tertiary/aromatic N) is 2. The van der Waals surface area contributed by atoms with E-state index in [1.54, 1.807) is 25.3 Å². The van der Waals surface area contributed by atoms with Crippen molar-refractivity contribution in [1.82, 2.24) is 10.2 Å². The van der Waals surface area contributed by atoms with E-state index in [0.29, 0.717) is 22.2 Å². The molecule has 22 heavy (non-hydrogen) atoms. The fourth-order valence-electron chi connectivity index (χ4n) is 1.78. The molecule has 2 rings (SSSR count). The number of hydrogen-bond donors (Lipinski definition) is 1. The number of carbonyl (C=O) groups is 1. The van der Waals surface area contributed by atoms with Gasteiger partial charge in [-0.3, -0.25) is 10.1 Å². The summed E-state index contributed by atoms with van der Waals surface area (Å²) < 4.78 is 10.9. The minimum atomic E-state index is -0.256. The SMILES string of the molecule is CCc1nnc(NC(=O)c2ccc(OC(C)C)c(OC)c2)s1. The molecular weight excluding hydrogens is 302 g/mol. The summed E-state index contributed by atoms with van der Waals surface area (Å²) in [5, 5.41) is 12.0. The smallest absolute Gasteiger partial charge is 0.257 e. The predicted octanol–water partition coefficient (Wildman–Crippen LogP) is 3.15. The zero-order chi connectivity index (χ0) is 16.1. The van der Waals surface area contributed by atoms with Crippen LogP contribution in [0.1, 0.15) is 36.1 Å². The lowest BCUT2D eigenvalue weighted by Crippen LogP contribution is -2.12. The molecule has 0 bridgehead atoms. The maximum atomic E-state index is 12.2. The van der Waals surface area contributed by atoms with Gasteiger partial charge in [0.05, 0.1) is 13.2 Å². The Bertz CT molecular complexity index is 655. The molecule has 0 fully saturated rings. The molecule has 0 saturated heterocycles. The Kier molecular flexibility index (Phi) is 5.32. The largest absolute Gasteiger partial charge is 0.493 e. The second kappa shape index (κ2) is 7.22. The van der Waals surface area contributed by atoms with Crippen molar-refractivity contribution in [1.29, 1.82) is 0 Å². The van der Waals surface area contributed by atoms with Crippen LogP contribution in [-0.4, -0.2) is 29.3 Å². The van der Waals surface area contributed by atoms with Crippen molar-refractivity contribution in [3.8, 4) is 11.5 Å². The fourth-order valence-corrected chi connectivity index (χ4v) is 2.45. The Morgan fingerprint density at radius 3 is 2.68 bits per heavy atom. The van der Waals surface area contributed by atoms with Crippen LogP contribution >= 0.6 is 11.3 Å². The summed E-state index contributed by atoms with van der Waals surface area (Å²) in [4.78, 5) is 12.2. The molecule has 0 radical (unpaired) electrons. The summed E-state index contributed by atoms with van der Waals surface area (Å²) in [6, 6.07) is 5.07. The maximum absolute atomic E-state index is 12.2. The van der Waals surface area contributed by atoms with Crippen LogP contribution in [0.25, 0.3) is 0 Å². The second-order valence-corrected chi connectivity index (χ2v) is 5.90.